The number of pyridine rings is 1. The topological polar surface area (TPSA) is 48.1 Å². The normalized spacial score (nSPS) is 25.6. The summed E-state index contributed by atoms with van der Waals surface area (Å²) in [7, 11) is 0. The second-order valence-electron chi connectivity index (χ2n) is 3.60. The summed E-state index contributed by atoms with van der Waals surface area (Å²) in [6.45, 7) is 0.685. The molecule has 76 valence electrons. The molecule has 1 heterocycles. The minimum Gasteiger partial charge on any atom is -0.472 e. The number of rotatable bonds is 3. The van der Waals surface area contributed by atoms with Gasteiger partial charge in [0.25, 0.3) is 5.88 Å². The van der Waals surface area contributed by atoms with E-state index in [1.54, 1.807) is 6.07 Å². The molecular formula is C10H13FN2O. The first-order valence-electron chi connectivity index (χ1n) is 4.77. The van der Waals surface area contributed by atoms with E-state index in [4.69, 9.17) is 10.5 Å². The largest absolute Gasteiger partial charge is 0.472 e. The van der Waals surface area contributed by atoms with Gasteiger partial charge in [0.1, 0.15) is 6.10 Å². The molecule has 1 aliphatic carbocycles. The lowest BCUT2D eigenvalue weighted by atomic mass is 9.82. The third-order valence-electron chi connectivity index (χ3n) is 2.53. The summed E-state index contributed by atoms with van der Waals surface area (Å²) < 4.78 is 18.4. The molecule has 0 aromatic carbocycles. The molecule has 0 saturated heterocycles. The summed E-state index contributed by atoms with van der Waals surface area (Å²) in [6.07, 6.45) is 3.43. The third kappa shape index (κ3) is 1.85. The van der Waals surface area contributed by atoms with Gasteiger partial charge in [-0.25, -0.2) is 9.37 Å². The molecule has 1 aliphatic rings. The van der Waals surface area contributed by atoms with Crippen molar-refractivity contribution in [3.63, 3.8) is 0 Å². The molecular weight excluding hydrogens is 183 g/mol. The van der Waals surface area contributed by atoms with Crippen LogP contribution in [0.2, 0.25) is 0 Å². The fourth-order valence-electron chi connectivity index (χ4n) is 1.58. The summed E-state index contributed by atoms with van der Waals surface area (Å²) >= 11 is 0. The van der Waals surface area contributed by atoms with Crippen LogP contribution in [0.15, 0.2) is 18.3 Å². The SMILES string of the molecule is NCC1CC(Oc2ncccc2F)C1. The summed E-state index contributed by atoms with van der Waals surface area (Å²) in [6, 6.07) is 2.90. The van der Waals surface area contributed by atoms with Crippen LogP contribution in [0.5, 0.6) is 5.88 Å². The van der Waals surface area contributed by atoms with E-state index in [1.807, 2.05) is 0 Å². The molecule has 1 aromatic rings. The van der Waals surface area contributed by atoms with Crippen LogP contribution in [0.4, 0.5) is 4.39 Å². The number of ether oxygens (including phenoxy) is 1. The van der Waals surface area contributed by atoms with E-state index in [2.05, 4.69) is 4.98 Å². The maximum atomic E-state index is 13.1. The van der Waals surface area contributed by atoms with Gasteiger partial charge in [-0.2, -0.15) is 0 Å². The van der Waals surface area contributed by atoms with Gasteiger partial charge in [0.05, 0.1) is 0 Å². The fourth-order valence-corrected chi connectivity index (χ4v) is 1.58. The van der Waals surface area contributed by atoms with Crippen molar-refractivity contribution < 1.29 is 9.13 Å². The number of nitrogens with two attached hydrogens (primary N) is 1. The van der Waals surface area contributed by atoms with E-state index >= 15 is 0 Å². The van der Waals surface area contributed by atoms with Crippen LogP contribution >= 0.6 is 0 Å². The number of nitrogens with zero attached hydrogens (tertiary/aromatic N) is 1. The quantitative estimate of drug-likeness (QED) is 0.793. The Balaban J connectivity index is 1.90. The average molecular weight is 196 g/mol. The molecule has 2 N–H and O–H groups in total. The van der Waals surface area contributed by atoms with Crippen molar-refractivity contribution in [1.82, 2.24) is 4.98 Å². The van der Waals surface area contributed by atoms with E-state index in [-0.39, 0.29) is 12.0 Å². The summed E-state index contributed by atoms with van der Waals surface area (Å²) in [5.74, 6) is 0.239. The van der Waals surface area contributed by atoms with E-state index in [1.165, 1.54) is 12.3 Å². The van der Waals surface area contributed by atoms with Gasteiger partial charge < -0.3 is 10.5 Å². The Morgan fingerprint density at radius 2 is 2.36 bits per heavy atom. The van der Waals surface area contributed by atoms with Crippen molar-refractivity contribution in [3.05, 3.63) is 24.1 Å². The summed E-state index contributed by atoms with van der Waals surface area (Å²) in [4.78, 5) is 3.82. The van der Waals surface area contributed by atoms with Crippen LogP contribution in [0.25, 0.3) is 0 Å². The lowest BCUT2D eigenvalue weighted by molar-refractivity contribution is 0.0609. The first kappa shape index (κ1) is 9.40. The third-order valence-corrected chi connectivity index (χ3v) is 2.53. The predicted molar refractivity (Wildman–Crippen MR) is 50.4 cm³/mol. The standard InChI is InChI=1S/C10H13FN2O/c11-9-2-1-3-13-10(9)14-8-4-7(5-8)6-12/h1-3,7-8H,4-6,12H2. The second kappa shape index (κ2) is 3.92. The van der Waals surface area contributed by atoms with Crippen LogP contribution in [-0.2, 0) is 0 Å². The van der Waals surface area contributed by atoms with Gasteiger partial charge in [-0.15, -0.1) is 0 Å². The number of hydrogen-bond acceptors (Lipinski definition) is 3. The number of aromatic nitrogens is 1. The van der Waals surface area contributed by atoms with Crippen molar-refractivity contribution >= 4 is 0 Å². The minimum atomic E-state index is -0.399. The Bertz CT molecular complexity index is 313. The highest BCUT2D eigenvalue weighted by molar-refractivity contribution is 5.13. The Morgan fingerprint density at radius 3 is 3.00 bits per heavy atom. The number of hydrogen-bond donors (Lipinski definition) is 1. The molecule has 1 fully saturated rings. The number of halogens is 1. The summed E-state index contributed by atoms with van der Waals surface area (Å²) in [5, 5.41) is 0. The molecule has 0 bridgehead atoms. The maximum Gasteiger partial charge on any atom is 0.250 e. The highest BCUT2D eigenvalue weighted by Crippen LogP contribution is 2.30. The molecule has 2 rings (SSSR count). The van der Waals surface area contributed by atoms with Gasteiger partial charge in [-0.3, -0.25) is 0 Å². The van der Waals surface area contributed by atoms with Gasteiger partial charge in [-0.1, -0.05) is 0 Å². The highest BCUT2D eigenvalue weighted by atomic mass is 19.1. The zero-order valence-corrected chi connectivity index (χ0v) is 7.82. The lowest BCUT2D eigenvalue weighted by Crippen LogP contribution is -2.38. The summed E-state index contributed by atoms with van der Waals surface area (Å²) in [5.41, 5.74) is 5.47. The van der Waals surface area contributed by atoms with E-state index in [0.717, 1.165) is 12.8 Å². The Kier molecular flexibility index (Phi) is 2.63. The van der Waals surface area contributed by atoms with Crippen LogP contribution < -0.4 is 10.5 Å². The maximum absolute atomic E-state index is 13.1. The molecule has 0 radical (unpaired) electrons. The molecule has 0 unspecified atom stereocenters. The van der Waals surface area contributed by atoms with Crippen molar-refractivity contribution in [2.24, 2.45) is 11.7 Å². The average Bonchev–Trinajstić information content (AvgIpc) is 2.13. The second-order valence-corrected chi connectivity index (χ2v) is 3.60. The van der Waals surface area contributed by atoms with Crippen LogP contribution in [-0.4, -0.2) is 17.6 Å². The molecule has 14 heavy (non-hydrogen) atoms. The molecule has 0 amide bonds. The smallest absolute Gasteiger partial charge is 0.250 e. The molecule has 1 aromatic heterocycles. The van der Waals surface area contributed by atoms with Crippen molar-refractivity contribution in [1.29, 1.82) is 0 Å². The molecule has 1 saturated carbocycles. The van der Waals surface area contributed by atoms with Crippen molar-refractivity contribution in [2.45, 2.75) is 18.9 Å². The van der Waals surface area contributed by atoms with E-state index in [0.29, 0.717) is 12.5 Å². The van der Waals surface area contributed by atoms with Gasteiger partial charge in [-0.05, 0) is 37.4 Å². The van der Waals surface area contributed by atoms with E-state index < -0.39 is 5.82 Å². The first-order chi connectivity index (χ1) is 6.79. The Labute approximate surface area is 82.1 Å². The zero-order valence-electron chi connectivity index (χ0n) is 7.82. The van der Waals surface area contributed by atoms with Crippen molar-refractivity contribution in [3.8, 4) is 5.88 Å². The Hall–Kier alpha value is -1.16. The molecule has 0 aliphatic heterocycles. The van der Waals surface area contributed by atoms with Crippen LogP contribution in [0.3, 0.4) is 0 Å². The molecule has 3 nitrogen and oxygen atoms in total. The van der Waals surface area contributed by atoms with Gasteiger partial charge in [0.2, 0.25) is 0 Å². The van der Waals surface area contributed by atoms with Gasteiger partial charge in [0.15, 0.2) is 5.82 Å². The molecule has 4 heteroatoms. The zero-order chi connectivity index (χ0) is 9.97. The highest BCUT2D eigenvalue weighted by Gasteiger charge is 2.30. The monoisotopic (exact) mass is 196 g/mol. The fraction of sp³-hybridized carbons (Fsp3) is 0.500. The van der Waals surface area contributed by atoms with Gasteiger partial charge >= 0.3 is 0 Å². The minimum absolute atomic E-state index is 0.0907. The van der Waals surface area contributed by atoms with Crippen LogP contribution in [0, 0.1) is 11.7 Å². The molecule has 0 spiro atoms. The van der Waals surface area contributed by atoms with Crippen LogP contribution in [0.1, 0.15) is 12.8 Å². The van der Waals surface area contributed by atoms with Gasteiger partial charge in [0, 0.05) is 6.20 Å². The lowest BCUT2D eigenvalue weighted by Gasteiger charge is -2.34. The molecule has 0 atom stereocenters. The van der Waals surface area contributed by atoms with E-state index in [9.17, 15) is 4.39 Å². The predicted octanol–water partition coefficient (Wildman–Crippen LogP) is 1.34. The Morgan fingerprint density at radius 1 is 1.57 bits per heavy atom. The first-order valence-corrected chi connectivity index (χ1v) is 4.77. The van der Waals surface area contributed by atoms with Crippen molar-refractivity contribution in [2.75, 3.05) is 6.54 Å².